The zero-order valence-electron chi connectivity index (χ0n) is 7.29. The van der Waals surface area contributed by atoms with Gasteiger partial charge in [0.15, 0.2) is 0 Å². The van der Waals surface area contributed by atoms with Crippen molar-refractivity contribution in [3.05, 3.63) is 42.5 Å². The molecule has 0 saturated heterocycles. The summed E-state index contributed by atoms with van der Waals surface area (Å²) in [5.74, 6) is 0.873. The molecule has 1 rings (SSSR count). The average molecular weight is 161 g/mol. The predicted octanol–water partition coefficient (Wildman–Crippen LogP) is 2.83. The minimum absolute atomic E-state index is 0.645. The molecule has 0 aliphatic carbocycles. The van der Waals surface area contributed by atoms with Crippen LogP contribution in [0.5, 0.6) is 5.75 Å². The molecule has 0 aliphatic heterocycles. The van der Waals surface area contributed by atoms with Gasteiger partial charge in [-0.15, -0.1) is 0 Å². The Bertz CT molecular complexity index is 226. The predicted molar refractivity (Wildman–Crippen MR) is 50.2 cm³/mol. The van der Waals surface area contributed by atoms with Gasteiger partial charge in [-0.2, -0.15) is 0 Å². The molecule has 0 atom stereocenters. The summed E-state index contributed by atoms with van der Waals surface area (Å²) in [4.78, 5) is 0. The summed E-state index contributed by atoms with van der Waals surface area (Å²) in [6, 6.07) is 10.5. The Kier molecular flexibility index (Phi) is 4.00. The van der Waals surface area contributed by atoms with Crippen molar-refractivity contribution in [2.45, 2.75) is 13.3 Å². The second-order valence-corrected chi connectivity index (χ2v) is 2.43. The van der Waals surface area contributed by atoms with Crippen LogP contribution in [0.25, 0.3) is 0 Å². The van der Waals surface area contributed by atoms with Crippen molar-refractivity contribution in [1.82, 2.24) is 0 Å². The zero-order chi connectivity index (χ0) is 8.65. The van der Waals surface area contributed by atoms with Crippen LogP contribution in [-0.4, -0.2) is 6.61 Å². The first-order chi connectivity index (χ1) is 5.93. The third-order valence-electron chi connectivity index (χ3n) is 1.43. The maximum atomic E-state index is 5.39. The van der Waals surface area contributed by atoms with Crippen LogP contribution in [0, 0.1) is 6.07 Å². The first kappa shape index (κ1) is 8.85. The summed E-state index contributed by atoms with van der Waals surface area (Å²) in [6.07, 6.45) is 5.17. The average Bonchev–Trinajstić information content (AvgIpc) is 2.14. The van der Waals surface area contributed by atoms with Crippen molar-refractivity contribution >= 4 is 0 Å². The molecule has 0 bridgehead atoms. The lowest BCUT2D eigenvalue weighted by molar-refractivity contribution is 0.362. The Morgan fingerprint density at radius 3 is 3.08 bits per heavy atom. The first-order valence-corrected chi connectivity index (χ1v) is 4.17. The van der Waals surface area contributed by atoms with Crippen molar-refractivity contribution in [3.63, 3.8) is 0 Å². The van der Waals surface area contributed by atoms with Gasteiger partial charge in [-0.1, -0.05) is 31.2 Å². The third-order valence-corrected chi connectivity index (χ3v) is 1.43. The van der Waals surface area contributed by atoms with E-state index in [0.717, 1.165) is 12.2 Å². The van der Waals surface area contributed by atoms with E-state index in [0.29, 0.717) is 6.61 Å². The van der Waals surface area contributed by atoms with Gasteiger partial charge in [0, 0.05) is 0 Å². The van der Waals surface area contributed by atoms with Crippen LogP contribution in [-0.2, 0) is 0 Å². The largest absolute Gasteiger partial charge is 0.490 e. The summed E-state index contributed by atoms with van der Waals surface area (Å²) in [5, 5.41) is 0. The number of benzene rings is 1. The molecule has 0 fully saturated rings. The van der Waals surface area contributed by atoms with E-state index in [-0.39, 0.29) is 0 Å². The molecule has 63 valence electrons. The second-order valence-electron chi connectivity index (χ2n) is 2.43. The van der Waals surface area contributed by atoms with E-state index in [1.54, 1.807) is 0 Å². The molecule has 0 unspecified atom stereocenters. The Hall–Kier alpha value is -1.24. The first-order valence-electron chi connectivity index (χ1n) is 4.17. The lowest BCUT2D eigenvalue weighted by Gasteiger charge is -2.00. The van der Waals surface area contributed by atoms with E-state index < -0.39 is 0 Å². The summed E-state index contributed by atoms with van der Waals surface area (Å²) < 4.78 is 5.39. The van der Waals surface area contributed by atoms with Crippen molar-refractivity contribution in [2.24, 2.45) is 0 Å². The monoisotopic (exact) mass is 161 g/mol. The molecule has 1 aromatic carbocycles. The zero-order valence-corrected chi connectivity index (χ0v) is 7.29. The lowest BCUT2D eigenvalue weighted by atomic mass is 10.3. The molecule has 1 heteroatoms. The van der Waals surface area contributed by atoms with Gasteiger partial charge in [0.05, 0.1) is 0 Å². The highest BCUT2D eigenvalue weighted by molar-refractivity contribution is 5.20. The van der Waals surface area contributed by atoms with Crippen LogP contribution >= 0.6 is 0 Å². The number of hydrogen-bond donors (Lipinski definition) is 0. The smallest absolute Gasteiger partial charge is 0.120 e. The highest BCUT2D eigenvalue weighted by atomic mass is 16.5. The molecule has 1 aromatic rings. The molecule has 1 radical (unpaired) electrons. The molecule has 0 saturated carbocycles. The lowest BCUT2D eigenvalue weighted by Crippen LogP contribution is -1.92. The molecule has 0 spiro atoms. The maximum absolute atomic E-state index is 5.39. The number of hydrogen-bond acceptors (Lipinski definition) is 1. The van der Waals surface area contributed by atoms with Gasteiger partial charge in [-0.25, -0.2) is 0 Å². The van der Waals surface area contributed by atoms with Crippen LogP contribution < -0.4 is 4.74 Å². The van der Waals surface area contributed by atoms with E-state index in [4.69, 9.17) is 4.74 Å². The van der Waals surface area contributed by atoms with Crippen LogP contribution in [0.2, 0.25) is 0 Å². The molecule has 0 aliphatic rings. The fraction of sp³-hybridized carbons (Fsp3) is 0.273. The molecule has 0 aromatic heterocycles. The van der Waals surface area contributed by atoms with Gasteiger partial charge >= 0.3 is 0 Å². The normalized spacial score (nSPS) is 10.4. The summed E-state index contributed by atoms with van der Waals surface area (Å²) >= 11 is 0. The molecular weight excluding hydrogens is 148 g/mol. The van der Waals surface area contributed by atoms with Crippen LogP contribution in [0.1, 0.15) is 13.3 Å². The van der Waals surface area contributed by atoms with E-state index in [1.807, 2.05) is 30.3 Å². The summed E-state index contributed by atoms with van der Waals surface area (Å²) in [6.45, 7) is 2.75. The molecule has 12 heavy (non-hydrogen) atoms. The Morgan fingerprint density at radius 2 is 2.42 bits per heavy atom. The van der Waals surface area contributed by atoms with Gasteiger partial charge in [0.2, 0.25) is 0 Å². The van der Waals surface area contributed by atoms with E-state index in [2.05, 4.69) is 19.1 Å². The number of rotatable bonds is 4. The molecular formula is C11H13O. The molecule has 0 amide bonds. The SMILES string of the molecule is CCC=CCOc1c[c]ccc1. The minimum atomic E-state index is 0.645. The Labute approximate surface area is 73.7 Å². The van der Waals surface area contributed by atoms with Crippen molar-refractivity contribution < 1.29 is 4.74 Å². The molecule has 1 nitrogen and oxygen atoms in total. The van der Waals surface area contributed by atoms with Crippen molar-refractivity contribution in [2.75, 3.05) is 6.61 Å². The summed E-state index contributed by atoms with van der Waals surface area (Å²) in [5.41, 5.74) is 0. The van der Waals surface area contributed by atoms with Gasteiger partial charge < -0.3 is 4.74 Å². The van der Waals surface area contributed by atoms with Crippen molar-refractivity contribution in [1.29, 1.82) is 0 Å². The van der Waals surface area contributed by atoms with Crippen LogP contribution in [0.4, 0.5) is 0 Å². The van der Waals surface area contributed by atoms with Crippen LogP contribution in [0.3, 0.4) is 0 Å². The third kappa shape index (κ3) is 3.24. The standard InChI is InChI=1S/C11H13O/c1-2-3-7-10-12-11-8-5-4-6-9-11/h3-5,7-9H,2,10H2,1H3. The fourth-order valence-corrected chi connectivity index (χ4v) is 0.846. The van der Waals surface area contributed by atoms with E-state index in [1.165, 1.54) is 0 Å². The number of allylic oxidation sites excluding steroid dienone is 1. The summed E-state index contributed by atoms with van der Waals surface area (Å²) in [7, 11) is 0. The van der Waals surface area contributed by atoms with Gasteiger partial charge in [0.1, 0.15) is 12.4 Å². The Balaban J connectivity index is 2.29. The van der Waals surface area contributed by atoms with Crippen molar-refractivity contribution in [3.8, 4) is 5.75 Å². The molecule has 0 N–H and O–H groups in total. The minimum Gasteiger partial charge on any atom is -0.490 e. The highest BCUT2D eigenvalue weighted by Crippen LogP contribution is 2.07. The van der Waals surface area contributed by atoms with Crippen LogP contribution in [0.15, 0.2) is 36.4 Å². The van der Waals surface area contributed by atoms with Gasteiger partial charge in [-0.05, 0) is 24.6 Å². The van der Waals surface area contributed by atoms with E-state index in [9.17, 15) is 0 Å². The second kappa shape index (κ2) is 5.42. The van der Waals surface area contributed by atoms with Gasteiger partial charge in [0.25, 0.3) is 0 Å². The van der Waals surface area contributed by atoms with Gasteiger partial charge in [-0.3, -0.25) is 0 Å². The number of ether oxygens (including phenoxy) is 1. The molecule has 0 heterocycles. The van der Waals surface area contributed by atoms with E-state index >= 15 is 0 Å². The Morgan fingerprint density at radius 1 is 1.50 bits per heavy atom. The topological polar surface area (TPSA) is 9.23 Å². The maximum Gasteiger partial charge on any atom is 0.120 e. The quantitative estimate of drug-likeness (QED) is 0.617. The highest BCUT2D eigenvalue weighted by Gasteiger charge is 1.86. The fourth-order valence-electron chi connectivity index (χ4n) is 0.846.